The van der Waals surface area contributed by atoms with Crippen molar-refractivity contribution < 1.29 is 23.5 Å². The van der Waals surface area contributed by atoms with Gasteiger partial charge in [-0.25, -0.2) is 9.18 Å². The van der Waals surface area contributed by atoms with Crippen molar-refractivity contribution in [2.75, 3.05) is 27.3 Å². The van der Waals surface area contributed by atoms with Gasteiger partial charge in [0.2, 0.25) is 5.91 Å². The summed E-state index contributed by atoms with van der Waals surface area (Å²) in [6.07, 6.45) is 0.560. The van der Waals surface area contributed by atoms with Gasteiger partial charge >= 0.3 is 6.03 Å². The molecule has 0 radical (unpaired) electrons. The average Bonchev–Trinajstić information content (AvgIpc) is 2.82. The Balaban J connectivity index is 1.80. The summed E-state index contributed by atoms with van der Waals surface area (Å²) in [7, 11) is 3.15. The van der Waals surface area contributed by atoms with Crippen LogP contribution in [0.3, 0.4) is 0 Å². The maximum absolute atomic E-state index is 14.0. The summed E-state index contributed by atoms with van der Waals surface area (Å²) < 4.78 is 24.7. The van der Waals surface area contributed by atoms with Crippen LogP contribution in [0.4, 0.5) is 9.18 Å². The van der Waals surface area contributed by atoms with Crippen LogP contribution in [0.5, 0.6) is 11.5 Å². The second-order valence-electron chi connectivity index (χ2n) is 8.56. The molecule has 2 aromatic rings. The van der Waals surface area contributed by atoms with E-state index in [0.717, 1.165) is 5.56 Å². The molecule has 33 heavy (non-hydrogen) atoms. The van der Waals surface area contributed by atoms with Crippen LogP contribution in [0, 0.1) is 11.7 Å². The fourth-order valence-electron chi connectivity index (χ4n) is 4.11. The molecule has 178 valence electrons. The van der Waals surface area contributed by atoms with Gasteiger partial charge in [-0.05, 0) is 44.0 Å². The number of carbonyl (C=O) groups excluding carboxylic acids is 2. The third kappa shape index (κ3) is 6.15. The van der Waals surface area contributed by atoms with Crippen molar-refractivity contribution in [3.63, 3.8) is 0 Å². The number of hydrogen-bond acceptors (Lipinski definition) is 4. The van der Waals surface area contributed by atoms with Crippen molar-refractivity contribution in [2.24, 2.45) is 5.92 Å². The van der Waals surface area contributed by atoms with E-state index < -0.39 is 5.92 Å². The summed E-state index contributed by atoms with van der Waals surface area (Å²) in [5, 5.41) is 5.75. The number of carbonyl (C=O) groups is 2. The second kappa shape index (κ2) is 11.0. The zero-order valence-corrected chi connectivity index (χ0v) is 19.6. The number of urea groups is 1. The summed E-state index contributed by atoms with van der Waals surface area (Å²) >= 11 is 0. The topological polar surface area (TPSA) is 79.9 Å². The van der Waals surface area contributed by atoms with Crippen LogP contribution in [0.2, 0.25) is 0 Å². The van der Waals surface area contributed by atoms with Crippen molar-refractivity contribution in [2.45, 2.75) is 38.8 Å². The largest absolute Gasteiger partial charge is 0.493 e. The minimum absolute atomic E-state index is 0.0210. The summed E-state index contributed by atoms with van der Waals surface area (Å²) in [5.41, 5.74) is 1.38. The van der Waals surface area contributed by atoms with Gasteiger partial charge in [0.05, 0.1) is 20.1 Å². The van der Waals surface area contributed by atoms with Crippen LogP contribution >= 0.6 is 0 Å². The number of benzene rings is 2. The summed E-state index contributed by atoms with van der Waals surface area (Å²) in [6, 6.07) is 11.8. The van der Waals surface area contributed by atoms with Crippen LogP contribution in [0.15, 0.2) is 42.5 Å². The Morgan fingerprint density at radius 2 is 1.82 bits per heavy atom. The molecule has 2 N–H and O–H groups in total. The fraction of sp³-hybridized carbons (Fsp3) is 0.440. The maximum atomic E-state index is 14.0. The number of methoxy groups -OCH3 is 2. The summed E-state index contributed by atoms with van der Waals surface area (Å²) in [5.74, 6) is 0.153. The van der Waals surface area contributed by atoms with Gasteiger partial charge in [0.25, 0.3) is 0 Å². The smallest absolute Gasteiger partial charge is 0.317 e. The summed E-state index contributed by atoms with van der Waals surface area (Å²) in [4.78, 5) is 27.5. The van der Waals surface area contributed by atoms with E-state index in [2.05, 4.69) is 10.6 Å². The lowest BCUT2D eigenvalue weighted by atomic mass is 9.84. The fourth-order valence-corrected chi connectivity index (χ4v) is 4.11. The lowest BCUT2D eigenvalue weighted by Crippen LogP contribution is -2.52. The molecule has 0 aliphatic carbocycles. The lowest BCUT2D eigenvalue weighted by molar-refractivity contribution is -0.126. The number of hydrogen-bond donors (Lipinski definition) is 2. The molecule has 0 aromatic heterocycles. The number of rotatable bonds is 7. The van der Waals surface area contributed by atoms with E-state index in [4.69, 9.17) is 9.47 Å². The number of piperidine rings is 1. The molecule has 0 saturated carbocycles. The molecular formula is C25H32FN3O4. The Morgan fingerprint density at radius 3 is 2.48 bits per heavy atom. The number of ether oxygens (including phenoxy) is 2. The molecule has 1 saturated heterocycles. The predicted molar refractivity (Wildman–Crippen MR) is 124 cm³/mol. The molecule has 1 fully saturated rings. The van der Waals surface area contributed by atoms with Gasteiger partial charge in [-0.2, -0.15) is 0 Å². The molecule has 1 aliphatic rings. The van der Waals surface area contributed by atoms with E-state index >= 15 is 0 Å². The molecule has 1 aliphatic heterocycles. The van der Waals surface area contributed by atoms with Crippen LogP contribution in [-0.4, -0.2) is 50.2 Å². The Hall–Kier alpha value is -3.29. The highest BCUT2D eigenvalue weighted by atomic mass is 19.1. The monoisotopic (exact) mass is 457 g/mol. The average molecular weight is 458 g/mol. The highest BCUT2D eigenvalue weighted by Crippen LogP contribution is 2.36. The molecule has 1 heterocycles. The van der Waals surface area contributed by atoms with Crippen molar-refractivity contribution in [1.82, 2.24) is 15.5 Å². The van der Waals surface area contributed by atoms with Crippen molar-refractivity contribution in [3.8, 4) is 11.5 Å². The van der Waals surface area contributed by atoms with Gasteiger partial charge in [-0.3, -0.25) is 4.79 Å². The molecule has 0 bridgehead atoms. The molecule has 3 rings (SSSR count). The first-order valence-corrected chi connectivity index (χ1v) is 11.1. The van der Waals surface area contributed by atoms with E-state index in [1.807, 2.05) is 32.0 Å². The van der Waals surface area contributed by atoms with E-state index in [-0.39, 0.29) is 36.3 Å². The second-order valence-corrected chi connectivity index (χ2v) is 8.56. The number of nitrogens with zero attached hydrogens (tertiary/aromatic N) is 1. The minimum Gasteiger partial charge on any atom is -0.493 e. The Labute approximate surface area is 194 Å². The first-order valence-electron chi connectivity index (χ1n) is 11.1. The van der Waals surface area contributed by atoms with Crippen molar-refractivity contribution in [3.05, 3.63) is 59.4 Å². The molecule has 3 amide bonds. The van der Waals surface area contributed by atoms with Crippen LogP contribution in [-0.2, 0) is 11.3 Å². The Bertz CT molecular complexity index is 982. The van der Waals surface area contributed by atoms with Crippen molar-refractivity contribution >= 4 is 11.9 Å². The zero-order chi connectivity index (χ0) is 24.0. The normalized spacial score (nSPS) is 18.1. The zero-order valence-electron chi connectivity index (χ0n) is 19.6. The molecule has 2 aromatic carbocycles. The predicted octanol–water partition coefficient (Wildman–Crippen LogP) is 3.68. The number of likely N-dealkylation sites (tertiary alicyclic amines) is 1. The van der Waals surface area contributed by atoms with Gasteiger partial charge in [-0.15, -0.1) is 0 Å². The van der Waals surface area contributed by atoms with Crippen LogP contribution in [0.25, 0.3) is 0 Å². The van der Waals surface area contributed by atoms with Gasteiger partial charge in [-0.1, -0.05) is 24.3 Å². The van der Waals surface area contributed by atoms with E-state index in [1.165, 1.54) is 6.07 Å². The SMILES string of the molecule is COc1ccc([C@@H]2C[C@H](C(=O)NCc3ccccc3F)CN(C(=O)NC(C)C)C2)cc1OC. The van der Waals surface area contributed by atoms with Gasteiger partial charge in [0.15, 0.2) is 11.5 Å². The summed E-state index contributed by atoms with van der Waals surface area (Å²) in [6.45, 7) is 4.66. The minimum atomic E-state index is -0.429. The Kier molecular flexibility index (Phi) is 8.14. The maximum Gasteiger partial charge on any atom is 0.317 e. The molecule has 0 unspecified atom stereocenters. The first-order chi connectivity index (χ1) is 15.8. The number of halogens is 1. The van der Waals surface area contributed by atoms with Gasteiger partial charge in [0, 0.05) is 37.2 Å². The lowest BCUT2D eigenvalue weighted by Gasteiger charge is -2.38. The molecular weight excluding hydrogens is 425 g/mol. The third-order valence-electron chi connectivity index (χ3n) is 5.81. The quantitative estimate of drug-likeness (QED) is 0.665. The standard InChI is InChI=1S/C25H32FN3O4/c1-16(2)28-25(31)29-14-19(17-9-10-22(32-3)23(12-17)33-4)11-20(15-29)24(30)27-13-18-7-5-6-8-21(18)26/h5-10,12,16,19-20H,11,13-15H2,1-4H3,(H,27,30)(H,28,31)/t19-,20+/m1/s1. The third-order valence-corrected chi connectivity index (χ3v) is 5.81. The van der Waals surface area contributed by atoms with Crippen LogP contribution < -0.4 is 20.1 Å². The van der Waals surface area contributed by atoms with Crippen molar-refractivity contribution in [1.29, 1.82) is 0 Å². The van der Waals surface area contributed by atoms with E-state index in [0.29, 0.717) is 36.6 Å². The first kappa shape index (κ1) is 24.4. The highest BCUT2D eigenvalue weighted by Gasteiger charge is 2.35. The van der Waals surface area contributed by atoms with E-state index in [1.54, 1.807) is 37.3 Å². The van der Waals surface area contributed by atoms with Crippen LogP contribution in [0.1, 0.15) is 37.3 Å². The van der Waals surface area contributed by atoms with Gasteiger partial charge in [0.1, 0.15) is 5.82 Å². The number of nitrogens with one attached hydrogen (secondary N) is 2. The molecule has 0 spiro atoms. The molecule has 8 heteroatoms. The Morgan fingerprint density at radius 1 is 1.09 bits per heavy atom. The van der Waals surface area contributed by atoms with Gasteiger partial charge < -0.3 is 25.0 Å². The molecule has 2 atom stereocenters. The highest BCUT2D eigenvalue weighted by molar-refractivity contribution is 5.81. The number of amides is 3. The van der Waals surface area contributed by atoms with E-state index in [9.17, 15) is 14.0 Å². The molecule has 7 nitrogen and oxygen atoms in total.